The molecule has 1 aliphatic rings. The molecule has 6 heteroatoms. The lowest BCUT2D eigenvalue weighted by molar-refractivity contribution is -0.147. The molecule has 122 valence electrons. The third-order valence-electron chi connectivity index (χ3n) is 4.33. The summed E-state index contributed by atoms with van der Waals surface area (Å²) >= 11 is 0. The molecule has 0 fully saturated rings. The maximum atomic E-state index is 12.6. The van der Waals surface area contributed by atoms with E-state index in [4.69, 9.17) is 4.74 Å². The van der Waals surface area contributed by atoms with E-state index in [2.05, 4.69) is 4.72 Å². The van der Waals surface area contributed by atoms with Gasteiger partial charge in [-0.25, -0.2) is 8.42 Å². The van der Waals surface area contributed by atoms with Crippen LogP contribution in [0.5, 0.6) is 0 Å². The Labute approximate surface area is 132 Å². The number of carbonyl (C=O) groups is 1. The molecule has 0 amide bonds. The van der Waals surface area contributed by atoms with Crippen LogP contribution < -0.4 is 4.72 Å². The molecule has 0 heterocycles. The highest BCUT2D eigenvalue weighted by Crippen LogP contribution is 2.25. The van der Waals surface area contributed by atoms with Crippen LogP contribution in [0.3, 0.4) is 0 Å². The first-order valence-electron chi connectivity index (χ1n) is 7.56. The maximum Gasteiger partial charge on any atom is 0.326 e. The molecule has 0 spiro atoms. The molecular weight excluding hydrogens is 302 g/mol. The monoisotopic (exact) mass is 325 g/mol. The fraction of sp³-hybridized carbons (Fsp3) is 0.562. The highest BCUT2D eigenvalue weighted by Gasteiger charge is 2.37. The van der Waals surface area contributed by atoms with Gasteiger partial charge in [-0.15, -0.1) is 0 Å². The van der Waals surface area contributed by atoms with Crippen LogP contribution in [-0.2, 0) is 32.4 Å². The summed E-state index contributed by atoms with van der Waals surface area (Å²) in [6.45, 7) is 3.28. The molecule has 0 aliphatic heterocycles. The summed E-state index contributed by atoms with van der Waals surface area (Å²) in [5, 5.41) is 0. The summed E-state index contributed by atoms with van der Waals surface area (Å²) in [6.07, 6.45) is 4.44. The Morgan fingerprint density at radius 1 is 1.27 bits per heavy atom. The fourth-order valence-corrected chi connectivity index (χ4v) is 4.20. The molecule has 1 aromatic rings. The summed E-state index contributed by atoms with van der Waals surface area (Å²) in [4.78, 5) is 12.1. The van der Waals surface area contributed by atoms with Crippen molar-refractivity contribution in [3.8, 4) is 0 Å². The molecule has 0 aromatic heterocycles. The smallest absolute Gasteiger partial charge is 0.326 e. The molecule has 1 N–H and O–H groups in total. The number of esters is 1. The number of ether oxygens (including phenoxy) is 1. The molecular formula is C16H23NO4S. The molecule has 5 nitrogen and oxygen atoms in total. The van der Waals surface area contributed by atoms with E-state index in [1.807, 2.05) is 6.07 Å². The number of rotatable bonds is 5. The van der Waals surface area contributed by atoms with Gasteiger partial charge in [-0.2, -0.15) is 4.72 Å². The highest BCUT2D eigenvalue weighted by molar-refractivity contribution is 7.89. The van der Waals surface area contributed by atoms with Gasteiger partial charge in [0.15, 0.2) is 0 Å². The van der Waals surface area contributed by atoms with Crippen LogP contribution in [0.2, 0.25) is 0 Å². The van der Waals surface area contributed by atoms with Crippen LogP contribution in [0.4, 0.5) is 0 Å². The molecule has 1 aromatic carbocycles. The van der Waals surface area contributed by atoms with Crippen molar-refractivity contribution in [3.63, 3.8) is 0 Å². The van der Waals surface area contributed by atoms with Crippen LogP contribution in [0, 0.1) is 0 Å². The van der Waals surface area contributed by atoms with Gasteiger partial charge in [-0.05, 0) is 62.3 Å². The SMILES string of the molecule is CCC(C)(NS(=O)(=O)c1ccc2c(c1)CCCC2)C(=O)OC. The molecule has 0 radical (unpaired) electrons. The van der Waals surface area contributed by atoms with E-state index in [0.717, 1.165) is 31.2 Å². The van der Waals surface area contributed by atoms with E-state index >= 15 is 0 Å². The average molecular weight is 325 g/mol. The zero-order chi connectivity index (χ0) is 16.4. The maximum absolute atomic E-state index is 12.6. The molecule has 1 unspecified atom stereocenters. The van der Waals surface area contributed by atoms with Gasteiger partial charge in [0.2, 0.25) is 10.0 Å². The number of sulfonamides is 1. The van der Waals surface area contributed by atoms with Crippen molar-refractivity contribution >= 4 is 16.0 Å². The third kappa shape index (κ3) is 3.33. The van der Waals surface area contributed by atoms with E-state index in [-0.39, 0.29) is 4.90 Å². The van der Waals surface area contributed by atoms with Crippen LogP contribution in [-0.4, -0.2) is 27.0 Å². The zero-order valence-electron chi connectivity index (χ0n) is 13.3. The molecule has 22 heavy (non-hydrogen) atoms. The van der Waals surface area contributed by atoms with Crippen molar-refractivity contribution in [1.29, 1.82) is 0 Å². The summed E-state index contributed by atoms with van der Waals surface area (Å²) < 4.78 is 32.4. The van der Waals surface area contributed by atoms with Crippen LogP contribution in [0.15, 0.2) is 23.1 Å². The van der Waals surface area contributed by atoms with E-state index < -0.39 is 21.5 Å². The lowest BCUT2D eigenvalue weighted by Crippen LogP contribution is -2.52. The molecule has 0 bridgehead atoms. The number of hydrogen-bond acceptors (Lipinski definition) is 4. The second kappa shape index (κ2) is 6.38. The zero-order valence-corrected chi connectivity index (χ0v) is 14.1. The predicted molar refractivity (Wildman–Crippen MR) is 84.1 cm³/mol. The van der Waals surface area contributed by atoms with Gasteiger partial charge in [-0.1, -0.05) is 13.0 Å². The number of aryl methyl sites for hydroxylation is 2. The summed E-state index contributed by atoms with van der Waals surface area (Å²) in [5.41, 5.74) is 1.05. The Morgan fingerprint density at radius 3 is 2.50 bits per heavy atom. The standard InChI is InChI=1S/C16H23NO4S/c1-4-16(2,15(18)21-3)17-22(19,20)14-10-9-12-7-5-6-8-13(12)11-14/h9-11,17H,4-8H2,1-3H3. The minimum absolute atomic E-state index is 0.205. The van der Waals surface area contributed by atoms with Crippen molar-refractivity contribution in [2.45, 2.75) is 56.4 Å². The molecule has 2 rings (SSSR count). The van der Waals surface area contributed by atoms with E-state index in [1.54, 1.807) is 19.1 Å². The van der Waals surface area contributed by atoms with Gasteiger partial charge in [0.25, 0.3) is 0 Å². The largest absolute Gasteiger partial charge is 0.468 e. The predicted octanol–water partition coefficient (Wildman–Crippen LogP) is 2.19. The van der Waals surface area contributed by atoms with Gasteiger partial charge in [0.05, 0.1) is 12.0 Å². The number of methoxy groups -OCH3 is 1. The lowest BCUT2D eigenvalue weighted by Gasteiger charge is -2.26. The minimum Gasteiger partial charge on any atom is -0.468 e. The normalized spacial score (nSPS) is 17.4. The van der Waals surface area contributed by atoms with Crippen LogP contribution >= 0.6 is 0 Å². The molecule has 1 aliphatic carbocycles. The van der Waals surface area contributed by atoms with Crippen molar-refractivity contribution < 1.29 is 17.9 Å². The Bertz CT molecular complexity index is 669. The summed E-state index contributed by atoms with van der Waals surface area (Å²) in [7, 11) is -2.52. The lowest BCUT2D eigenvalue weighted by atomic mass is 9.92. The molecule has 0 saturated carbocycles. The molecule has 0 saturated heterocycles. The Hall–Kier alpha value is -1.40. The first kappa shape index (κ1) is 17.0. The van der Waals surface area contributed by atoms with E-state index in [9.17, 15) is 13.2 Å². The van der Waals surface area contributed by atoms with Gasteiger partial charge >= 0.3 is 5.97 Å². The van der Waals surface area contributed by atoms with E-state index in [0.29, 0.717) is 6.42 Å². The molecule has 1 atom stereocenters. The number of fused-ring (bicyclic) bond motifs is 1. The summed E-state index contributed by atoms with van der Waals surface area (Å²) in [6, 6.07) is 5.22. The first-order chi connectivity index (χ1) is 10.3. The van der Waals surface area contributed by atoms with Crippen molar-refractivity contribution in [3.05, 3.63) is 29.3 Å². The number of carbonyl (C=O) groups excluding carboxylic acids is 1. The Kier molecular flexibility index (Phi) is 4.92. The van der Waals surface area contributed by atoms with Crippen LogP contribution in [0.25, 0.3) is 0 Å². The fourth-order valence-electron chi connectivity index (χ4n) is 2.72. The van der Waals surface area contributed by atoms with Crippen molar-refractivity contribution in [2.75, 3.05) is 7.11 Å². The summed E-state index contributed by atoms with van der Waals surface area (Å²) in [5.74, 6) is -0.587. The van der Waals surface area contributed by atoms with Gasteiger partial charge in [0, 0.05) is 0 Å². The Morgan fingerprint density at radius 2 is 1.91 bits per heavy atom. The second-order valence-electron chi connectivity index (χ2n) is 5.92. The quantitative estimate of drug-likeness (QED) is 0.842. The van der Waals surface area contributed by atoms with E-state index in [1.165, 1.54) is 19.6 Å². The topological polar surface area (TPSA) is 72.5 Å². The van der Waals surface area contributed by atoms with Gasteiger partial charge in [0.1, 0.15) is 5.54 Å². The third-order valence-corrected chi connectivity index (χ3v) is 5.93. The first-order valence-corrected chi connectivity index (χ1v) is 9.05. The van der Waals surface area contributed by atoms with Crippen molar-refractivity contribution in [2.24, 2.45) is 0 Å². The number of nitrogens with one attached hydrogen (secondary N) is 1. The average Bonchev–Trinajstić information content (AvgIpc) is 2.53. The minimum atomic E-state index is -3.77. The van der Waals surface area contributed by atoms with Crippen molar-refractivity contribution in [1.82, 2.24) is 4.72 Å². The van der Waals surface area contributed by atoms with Gasteiger partial charge < -0.3 is 4.74 Å². The number of benzene rings is 1. The highest BCUT2D eigenvalue weighted by atomic mass is 32.2. The van der Waals surface area contributed by atoms with Gasteiger partial charge in [-0.3, -0.25) is 4.79 Å². The second-order valence-corrected chi connectivity index (χ2v) is 7.60. The number of hydrogen-bond donors (Lipinski definition) is 1. The Balaban J connectivity index is 2.32. The van der Waals surface area contributed by atoms with Crippen LogP contribution in [0.1, 0.15) is 44.2 Å².